The summed E-state index contributed by atoms with van der Waals surface area (Å²) < 4.78 is 23.0. The van der Waals surface area contributed by atoms with Crippen LogP contribution in [0, 0.1) is 72.5 Å². The van der Waals surface area contributed by atoms with Crippen LogP contribution in [0.25, 0.3) is 0 Å². The molecule has 6 atom stereocenters. The van der Waals surface area contributed by atoms with Crippen molar-refractivity contribution in [1.29, 1.82) is 0 Å². The van der Waals surface area contributed by atoms with E-state index in [-0.39, 0.29) is 36.4 Å². The summed E-state index contributed by atoms with van der Waals surface area (Å²) in [6.07, 6.45) is 28.9. The van der Waals surface area contributed by atoms with Crippen molar-refractivity contribution in [3.8, 4) is 60.7 Å². The average molecular weight is 1250 g/mol. The van der Waals surface area contributed by atoms with E-state index in [1.807, 2.05) is 21.1 Å². The van der Waals surface area contributed by atoms with E-state index in [0.717, 1.165) is 130 Å². The van der Waals surface area contributed by atoms with Crippen LogP contribution in [0.15, 0.2) is 121 Å². The largest absolute Gasteiger partial charge is 0.466 e. The van der Waals surface area contributed by atoms with Crippen LogP contribution in [0.2, 0.25) is 0 Å². The lowest BCUT2D eigenvalue weighted by Crippen LogP contribution is -2.54. The van der Waals surface area contributed by atoms with Crippen LogP contribution in [0.1, 0.15) is 126 Å². The minimum absolute atomic E-state index is 0.00550. The molecular formula is C79H106N6O7. The number of esters is 2. The molecule has 0 radical (unpaired) electrons. The molecule has 13 heteroatoms. The van der Waals surface area contributed by atoms with Crippen molar-refractivity contribution in [1.82, 2.24) is 29.4 Å². The van der Waals surface area contributed by atoms with E-state index in [2.05, 4.69) is 192 Å². The van der Waals surface area contributed by atoms with Crippen molar-refractivity contribution in [2.45, 2.75) is 166 Å². The number of unbranched alkanes of at least 4 members (excludes halogenated alkanes) is 4. The number of ether oxygens (including phenoxy) is 4. The smallest absolute Gasteiger partial charge is 0.306 e. The SMILES string of the molecule is C#CC#CC.C#CC#CC#C.CCOC(=O)CCCCCN1CC[C@@H](N(Cc2ccccc2)Cc2ccccc2)[C@@H](OC)C1.CO[C@H]1CN(CCCCCC(=O)OC2CN3CCC2CC3)CC[C@H]1N(Cc1ccccc1)Cc1ccccc1.O[C@H]1CN2CCC1CC2. The van der Waals surface area contributed by atoms with E-state index in [1.165, 1.54) is 74.1 Å². The molecule has 8 aliphatic heterocycles. The van der Waals surface area contributed by atoms with Gasteiger partial charge in [0, 0.05) is 91.5 Å². The van der Waals surface area contributed by atoms with E-state index in [9.17, 15) is 14.7 Å². The van der Waals surface area contributed by atoms with Gasteiger partial charge >= 0.3 is 11.9 Å². The van der Waals surface area contributed by atoms with E-state index in [1.54, 1.807) is 6.92 Å². The van der Waals surface area contributed by atoms with E-state index in [0.29, 0.717) is 43.4 Å². The number of terminal acetylenes is 3. The highest BCUT2D eigenvalue weighted by molar-refractivity contribution is 5.69. The summed E-state index contributed by atoms with van der Waals surface area (Å²) in [5, 5.41) is 9.36. The molecule has 4 bridgehead atoms. The van der Waals surface area contributed by atoms with Gasteiger partial charge in [-0.15, -0.1) is 19.3 Å². The molecule has 4 aromatic carbocycles. The van der Waals surface area contributed by atoms with Crippen molar-refractivity contribution >= 4 is 11.9 Å². The first kappa shape index (κ1) is 74.3. The first-order valence-corrected chi connectivity index (χ1v) is 34.0. The van der Waals surface area contributed by atoms with Crippen LogP contribution in [-0.4, -0.2) is 182 Å². The lowest BCUT2D eigenvalue weighted by atomic mass is 9.86. The molecule has 4 aromatic rings. The summed E-state index contributed by atoms with van der Waals surface area (Å²) in [5.41, 5.74) is 5.37. The normalized spacial score (nSPS) is 23.5. The van der Waals surface area contributed by atoms with Crippen LogP contribution in [0.5, 0.6) is 0 Å². The van der Waals surface area contributed by atoms with E-state index >= 15 is 0 Å². The predicted molar refractivity (Wildman–Crippen MR) is 371 cm³/mol. The summed E-state index contributed by atoms with van der Waals surface area (Å²) in [7, 11) is 3.72. The second kappa shape index (κ2) is 44.0. The van der Waals surface area contributed by atoms with Gasteiger partial charge in [0.1, 0.15) is 6.10 Å². The molecule has 1 N–H and O–H groups in total. The quantitative estimate of drug-likeness (QED) is 0.0366. The highest BCUT2D eigenvalue weighted by Gasteiger charge is 2.38. The number of nitrogens with zero attached hydrogens (tertiary/aromatic N) is 6. The third kappa shape index (κ3) is 27.5. The fraction of sp³-hybridized carbons (Fsp3) is 0.544. The zero-order valence-electron chi connectivity index (χ0n) is 55.9. The number of benzene rings is 4. The molecule has 92 heavy (non-hydrogen) atoms. The molecule has 13 nitrogen and oxygen atoms in total. The third-order valence-electron chi connectivity index (χ3n) is 18.6. The molecule has 8 aliphatic rings. The Hall–Kier alpha value is -6.74. The van der Waals surface area contributed by atoms with Crippen LogP contribution >= 0.6 is 0 Å². The Kier molecular flexibility index (Phi) is 35.5. The molecule has 8 heterocycles. The van der Waals surface area contributed by atoms with Gasteiger partial charge < -0.3 is 38.8 Å². The van der Waals surface area contributed by atoms with Crippen LogP contribution in [-0.2, 0) is 54.7 Å². The number of hydrogen-bond acceptors (Lipinski definition) is 13. The molecule has 0 saturated carbocycles. The second-order valence-corrected chi connectivity index (χ2v) is 25.0. The van der Waals surface area contributed by atoms with E-state index in [4.69, 9.17) is 38.2 Å². The highest BCUT2D eigenvalue weighted by Crippen LogP contribution is 2.31. The number of carbonyl (C=O) groups excluding carboxylic acids is 2. The highest BCUT2D eigenvalue weighted by atomic mass is 16.5. The van der Waals surface area contributed by atoms with Gasteiger partial charge in [0.2, 0.25) is 0 Å². The molecule has 0 spiro atoms. The molecule has 12 rings (SSSR count). The molecule has 0 aliphatic carbocycles. The van der Waals surface area contributed by atoms with Crippen LogP contribution in [0.3, 0.4) is 0 Å². The predicted octanol–water partition coefficient (Wildman–Crippen LogP) is 10.8. The minimum Gasteiger partial charge on any atom is -0.466 e. The number of carbonyl (C=O) groups is 2. The summed E-state index contributed by atoms with van der Waals surface area (Å²) in [6.45, 7) is 20.6. The molecule has 494 valence electrons. The number of likely N-dealkylation sites (tertiary alicyclic amines) is 2. The van der Waals surface area contributed by atoms with Crippen LogP contribution in [0.4, 0.5) is 0 Å². The molecule has 8 saturated heterocycles. The van der Waals surface area contributed by atoms with Crippen molar-refractivity contribution < 1.29 is 33.6 Å². The fourth-order valence-electron chi connectivity index (χ4n) is 13.6. The Morgan fingerprint density at radius 1 is 0.489 bits per heavy atom. The summed E-state index contributed by atoms with van der Waals surface area (Å²) >= 11 is 0. The van der Waals surface area contributed by atoms with Gasteiger partial charge in [0.05, 0.1) is 24.9 Å². The topological polar surface area (TPSA) is 111 Å². The molecule has 0 amide bonds. The first-order chi connectivity index (χ1) is 45.1. The number of hydrogen-bond donors (Lipinski definition) is 1. The van der Waals surface area contributed by atoms with Gasteiger partial charge in [0.15, 0.2) is 0 Å². The van der Waals surface area contributed by atoms with Crippen molar-refractivity contribution in [2.24, 2.45) is 11.8 Å². The Morgan fingerprint density at radius 2 is 0.880 bits per heavy atom. The summed E-state index contributed by atoms with van der Waals surface area (Å²) in [6, 6.07) is 43.8. The lowest BCUT2D eigenvalue weighted by molar-refractivity contribution is -0.159. The molecule has 0 aromatic heterocycles. The molecule has 8 fully saturated rings. The van der Waals surface area contributed by atoms with Gasteiger partial charge in [-0.05, 0) is 200 Å². The Labute approximate surface area is 554 Å². The maximum absolute atomic E-state index is 12.4. The van der Waals surface area contributed by atoms with Gasteiger partial charge in [-0.2, -0.15) is 0 Å². The van der Waals surface area contributed by atoms with Gasteiger partial charge in [0.25, 0.3) is 0 Å². The molecule has 1 unspecified atom stereocenters. The Bertz CT molecular complexity index is 2830. The Balaban J connectivity index is 0.000000226. The number of fused-ring (bicyclic) bond motifs is 6. The van der Waals surface area contributed by atoms with Gasteiger partial charge in [-0.25, -0.2) is 0 Å². The summed E-state index contributed by atoms with van der Waals surface area (Å²) in [4.78, 5) is 39.0. The first-order valence-electron chi connectivity index (χ1n) is 34.0. The summed E-state index contributed by atoms with van der Waals surface area (Å²) in [5.74, 6) is 16.8. The number of aliphatic hydroxyl groups excluding tert-OH is 1. The lowest BCUT2D eigenvalue weighted by Gasteiger charge is -2.44. The fourth-order valence-corrected chi connectivity index (χ4v) is 13.6. The Morgan fingerprint density at radius 3 is 1.18 bits per heavy atom. The monoisotopic (exact) mass is 1250 g/mol. The number of aliphatic hydroxyl groups is 1. The number of rotatable bonds is 26. The van der Waals surface area contributed by atoms with Crippen molar-refractivity contribution in [3.05, 3.63) is 144 Å². The number of methoxy groups -OCH3 is 2. The van der Waals surface area contributed by atoms with E-state index < -0.39 is 0 Å². The molecular weight excluding hydrogens is 1140 g/mol. The van der Waals surface area contributed by atoms with Crippen molar-refractivity contribution in [3.63, 3.8) is 0 Å². The van der Waals surface area contributed by atoms with Crippen LogP contribution < -0.4 is 0 Å². The zero-order valence-corrected chi connectivity index (χ0v) is 55.9. The standard InChI is InChI=1S/C33H47N3O3.C28H40N2O3.C7H13NO.C6H2.C5H4/c1-38-32-26-34(19-10-4-9-15-33(37)39-31-25-35-20-16-29(31)17-21-35)22-18-30(32)36(23-27-11-5-2-6-12-27)24-28-13-7-3-8-14-28;1-3-33-28(31)17-11-6-12-19-29-20-18-26(27(23-29)32-2)30(21-24-13-7-4-8-14-24)22-25-15-9-5-10-16-25;9-7-5-8-3-1-6(7)2-4-8;1-3-5-6-4-2;1-3-5-4-2/h2-3,5-8,11-14,29-32H,4,9-10,15-26H2,1H3;4-5,7-10,13-16,26-27H,3,6,11-12,17-23H2,1-2H3;6-7,9H,1-5H2;1-2H;1H,2H3/t30-,31?,32+;26-,27+;7-;;/m110../s1. The third-order valence-corrected chi connectivity index (χ3v) is 18.6. The van der Waals surface area contributed by atoms with Gasteiger partial charge in [-0.3, -0.25) is 24.3 Å². The number of piperidine rings is 8. The van der Waals surface area contributed by atoms with Gasteiger partial charge in [-0.1, -0.05) is 140 Å². The average Bonchev–Trinajstić information content (AvgIpc) is 1.27. The maximum Gasteiger partial charge on any atom is 0.306 e. The van der Waals surface area contributed by atoms with Crippen molar-refractivity contribution in [2.75, 3.05) is 99.4 Å². The second-order valence-electron chi connectivity index (χ2n) is 25.0. The minimum atomic E-state index is -0.0744. The maximum atomic E-state index is 12.4. The zero-order chi connectivity index (χ0) is 65.4.